The van der Waals surface area contributed by atoms with E-state index in [-0.39, 0.29) is 34.8 Å². The fraction of sp³-hybridized carbons (Fsp3) is 0.389. The lowest BCUT2D eigenvalue weighted by Crippen LogP contribution is -2.38. The van der Waals surface area contributed by atoms with Crippen LogP contribution in [-0.2, 0) is 9.53 Å². The van der Waals surface area contributed by atoms with E-state index in [1.807, 2.05) is 0 Å². The van der Waals surface area contributed by atoms with Crippen LogP contribution in [0.15, 0.2) is 30.9 Å². The number of nitrogens with zero attached hydrogens (tertiary/aromatic N) is 5. The summed E-state index contributed by atoms with van der Waals surface area (Å²) in [6.45, 7) is 2.88. The van der Waals surface area contributed by atoms with Crippen LogP contribution in [0.1, 0.15) is 30.1 Å². The van der Waals surface area contributed by atoms with E-state index < -0.39 is 10.8 Å². The molecule has 2 aromatic rings. The third-order valence-electron chi connectivity index (χ3n) is 4.62. The second kappa shape index (κ2) is 9.58. The quantitative estimate of drug-likeness (QED) is 0.384. The molecule has 158 valence electrons. The summed E-state index contributed by atoms with van der Waals surface area (Å²) >= 11 is 0. The van der Waals surface area contributed by atoms with Gasteiger partial charge in [0.25, 0.3) is 5.91 Å². The molecule has 0 radical (unpaired) electrons. The fourth-order valence-corrected chi connectivity index (χ4v) is 3.13. The summed E-state index contributed by atoms with van der Waals surface area (Å²) in [6.07, 6.45) is 5.07. The number of carbonyl (C=O) groups is 2. The Bertz CT molecular complexity index is 916. The summed E-state index contributed by atoms with van der Waals surface area (Å²) in [6, 6.07) is 3.15. The third-order valence-corrected chi connectivity index (χ3v) is 4.62. The van der Waals surface area contributed by atoms with Crippen LogP contribution in [-0.4, -0.2) is 51.4 Å². The average Bonchev–Trinajstić information content (AvgIpc) is 2.78. The Morgan fingerprint density at radius 2 is 2.10 bits per heavy atom. The standard InChI is InChI=1S/C18H21N7O5/c1-2-30-18(27)12-5-8-24(9-6-12)16-14(25(28)29)15(20-11-21-16)22-23-17(26)13-4-3-7-19-10-13/h3-4,7,10-12H,2,5-6,8-9H2,1H3,(H,23,26)(H,20,21,22). The van der Waals surface area contributed by atoms with Crippen molar-refractivity contribution >= 4 is 29.2 Å². The van der Waals surface area contributed by atoms with Crippen molar-refractivity contribution in [2.75, 3.05) is 30.0 Å². The number of anilines is 2. The van der Waals surface area contributed by atoms with Crippen molar-refractivity contribution in [3.05, 3.63) is 46.5 Å². The first-order valence-electron chi connectivity index (χ1n) is 9.38. The van der Waals surface area contributed by atoms with Gasteiger partial charge in [0.15, 0.2) is 0 Å². The van der Waals surface area contributed by atoms with Crippen LogP contribution in [0.5, 0.6) is 0 Å². The highest BCUT2D eigenvalue weighted by atomic mass is 16.6. The normalized spacial score (nSPS) is 14.1. The highest BCUT2D eigenvalue weighted by molar-refractivity contribution is 5.94. The fourth-order valence-electron chi connectivity index (χ4n) is 3.13. The molecule has 0 spiro atoms. The Morgan fingerprint density at radius 3 is 2.73 bits per heavy atom. The van der Waals surface area contributed by atoms with Crippen LogP contribution < -0.4 is 15.8 Å². The van der Waals surface area contributed by atoms with Crippen molar-refractivity contribution in [2.24, 2.45) is 5.92 Å². The molecule has 12 heteroatoms. The molecule has 0 bridgehead atoms. The van der Waals surface area contributed by atoms with Gasteiger partial charge in [0.05, 0.1) is 23.0 Å². The molecule has 12 nitrogen and oxygen atoms in total. The first kappa shape index (κ1) is 20.9. The largest absolute Gasteiger partial charge is 0.466 e. The summed E-state index contributed by atoms with van der Waals surface area (Å²) < 4.78 is 5.05. The van der Waals surface area contributed by atoms with Crippen molar-refractivity contribution in [3.63, 3.8) is 0 Å². The Kier molecular flexibility index (Phi) is 6.67. The van der Waals surface area contributed by atoms with E-state index in [9.17, 15) is 19.7 Å². The number of nitro groups is 1. The van der Waals surface area contributed by atoms with E-state index in [1.54, 1.807) is 24.0 Å². The minimum atomic E-state index is -0.606. The molecule has 1 fully saturated rings. The number of carbonyl (C=O) groups excluding carboxylic acids is 2. The van der Waals surface area contributed by atoms with Crippen molar-refractivity contribution in [1.82, 2.24) is 20.4 Å². The first-order chi connectivity index (χ1) is 14.5. The number of esters is 1. The van der Waals surface area contributed by atoms with Gasteiger partial charge in [0.1, 0.15) is 6.33 Å². The lowest BCUT2D eigenvalue weighted by atomic mass is 9.97. The Labute approximate surface area is 171 Å². The number of ether oxygens (including phenoxy) is 1. The molecule has 2 aromatic heterocycles. The van der Waals surface area contributed by atoms with E-state index in [0.717, 1.165) is 0 Å². The van der Waals surface area contributed by atoms with E-state index in [4.69, 9.17) is 4.74 Å². The highest BCUT2D eigenvalue weighted by Crippen LogP contribution is 2.33. The van der Waals surface area contributed by atoms with Crippen LogP contribution in [0.2, 0.25) is 0 Å². The van der Waals surface area contributed by atoms with Crippen molar-refractivity contribution < 1.29 is 19.2 Å². The van der Waals surface area contributed by atoms with Crippen LogP contribution in [0.25, 0.3) is 0 Å². The maximum absolute atomic E-state index is 12.2. The van der Waals surface area contributed by atoms with E-state index >= 15 is 0 Å². The molecular formula is C18H21N7O5. The van der Waals surface area contributed by atoms with Gasteiger partial charge in [0.2, 0.25) is 11.6 Å². The number of piperidine rings is 1. The molecule has 0 aromatic carbocycles. The van der Waals surface area contributed by atoms with Gasteiger partial charge in [-0.3, -0.25) is 35.5 Å². The maximum atomic E-state index is 12.2. The average molecular weight is 415 g/mol. The van der Waals surface area contributed by atoms with Gasteiger partial charge < -0.3 is 9.64 Å². The molecular weight excluding hydrogens is 394 g/mol. The SMILES string of the molecule is CCOC(=O)C1CCN(c2ncnc(NNC(=O)c3cccnc3)c2[N+](=O)[O-])CC1. The minimum Gasteiger partial charge on any atom is -0.466 e. The van der Waals surface area contributed by atoms with Crippen LogP contribution in [0.4, 0.5) is 17.3 Å². The summed E-state index contributed by atoms with van der Waals surface area (Å²) in [4.78, 5) is 48.7. The van der Waals surface area contributed by atoms with E-state index in [0.29, 0.717) is 32.5 Å². The lowest BCUT2D eigenvalue weighted by molar-refractivity contribution is -0.383. The van der Waals surface area contributed by atoms with Gasteiger partial charge in [-0.25, -0.2) is 9.97 Å². The summed E-state index contributed by atoms with van der Waals surface area (Å²) in [7, 11) is 0. The molecule has 0 aliphatic carbocycles. The topological polar surface area (TPSA) is 152 Å². The summed E-state index contributed by atoms with van der Waals surface area (Å²) in [5.74, 6) is -1.04. The van der Waals surface area contributed by atoms with Crippen molar-refractivity contribution in [1.29, 1.82) is 0 Å². The van der Waals surface area contributed by atoms with Crippen LogP contribution in [0, 0.1) is 16.0 Å². The zero-order chi connectivity index (χ0) is 21.5. The van der Waals surface area contributed by atoms with Gasteiger partial charge in [0, 0.05) is 25.5 Å². The molecule has 1 amide bonds. The molecule has 1 aliphatic rings. The number of nitrogens with one attached hydrogen (secondary N) is 2. The Balaban J connectivity index is 1.73. The van der Waals surface area contributed by atoms with Gasteiger partial charge in [-0.2, -0.15) is 0 Å². The number of hydrazine groups is 1. The van der Waals surface area contributed by atoms with E-state index in [1.165, 1.54) is 18.7 Å². The molecule has 3 heterocycles. The van der Waals surface area contributed by atoms with Gasteiger partial charge in [-0.15, -0.1) is 0 Å². The van der Waals surface area contributed by atoms with Gasteiger partial charge >= 0.3 is 11.7 Å². The lowest BCUT2D eigenvalue weighted by Gasteiger charge is -2.31. The molecule has 0 saturated carbocycles. The summed E-state index contributed by atoms with van der Waals surface area (Å²) in [5.41, 5.74) is 4.79. The molecule has 30 heavy (non-hydrogen) atoms. The van der Waals surface area contributed by atoms with Gasteiger partial charge in [-0.05, 0) is 31.9 Å². The van der Waals surface area contributed by atoms with E-state index in [2.05, 4.69) is 25.8 Å². The number of aromatic nitrogens is 3. The second-order valence-electron chi connectivity index (χ2n) is 6.49. The number of hydrogen-bond donors (Lipinski definition) is 2. The van der Waals surface area contributed by atoms with Gasteiger partial charge in [-0.1, -0.05) is 0 Å². The van der Waals surface area contributed by atoms with Crippen LogP contribution in [0.3, 0.4) is 0 Å². The molecule has 3 rings (SSSR count). The zero-order valence-electron chi connectivity index (χ0n) is 16.3. The predicted molar refractivity (Wildman–Crippen MR) is 106 cm³/mol. The van der Waals surface area contributed by atoms with Crippen LogP contribution >= 0.6 is 0 Å². The third kappa shape index (κ3) is 4.77. The Morgan fingerprint density at radius 1 is 1.33 bits per heavy atom. The number of amides is 1. The molecule has 2 N–H and O–H groups in total. The number of rotatable bonds is 7. The minimum absolute atomic E-state index is 0.121. The summed E-state index contributed by atoms with van der Waals surface area (Å²) in [5, 5.41) is 11.7. The molecule has 0 atom stereocenters. The highest BCUT2D eigenvalue weighted by Gasteiger charge is 2.32. The van der Waals surface area contributed by atoms with Crippen molar-refractivity contribution in [2.45, 2.75) is 19.8 Å². The Hall–Kier alpha value is -3.83. The molecule has 0 unspecified atom stereocenters. The predicted octanol–water partition coefficient (Wildman–Crippen LogP) is 1.32. The maximum Gasteiger partial charge on any atom is 0.355 e. The zero-order valence-corrected chi connectivity index (χ0v) is 16.3. The monoisotopic (exact) mass is 415 g/mol. The van der Waals surface area contributed by atoms with Crippen molar-refractivity contribution in [3.8, 4) is 0 Å². The molecule has 1 aliphatic heterocycles. The molecule has 1 saturated heterocycles. The smallest absolute Gasteiger partial charge is 0.355 e. The second-order valence-corrected chi connectivity index (χ2v) is 6.49. The first-order valence-corrected chi connectivity index (χ1v) is 9.38. The number of hydrogen-bond acceptors (Lipinski definition) is 10. The number of pyridine rings is 1.